The van der Waals surface area contributed by atoms with Crippen molar-refractivity contribution < 1.29 is 9.18 Å². The number of carbonyl (C=O) groups is 1. The third-order valence-corrected chi connectivity index (χ3v) is 2.99. The van der Waals surface area contributed by atoms with Crippen LogP contribution >= 0.6 is 11.6 Å². The van der Waals surface area contributed by atoms with E-state index >= 15 is 0 Å². The van der Waals surface area contributed by atoms with E-state index in [1.807, 2.05) is 6.07 Å². The largest absolute Gasteiger partial charge is 0.322 e. The second-order valence-electron chi connectivity index (χ2n) is 4.15. The highest BCUT2D eigenvalue weighted by Crippen LogP contribution is 2.20. The number of carbonyl (C=O) groups excluding carboxylic acids is 1. The quantitative estimate of drug-likeness (QED) is 0.871. The molecule has 21 heavy (non-hydrogen) atoms. The summed E-state index contributed by atoms with van der Waals surface area (Å²) in [6.45, 7) is 0. The minimum absolute atomic E-state index is 0.153. The number of anilines is 1. The highest BCUT2D eigenvalue weighted by atomic mass is 35.5. The van der Waals surface area contributed by atoms with Crippen LogP contribution in [0.4, 0.5) is 10.1 Å². The summed E-state index contributed by atoms with van der Waals surface area (Å²) in [5.74, 6) is -0.942. The van der Waals surface area contributed by atoms with E-state index in [9.17, 15) is 9.18 Å². The number of amides is 1. The van der Waals surface area contributed by atoms with E-state index in [-0.39, 0.29) is 10.6 Å². The maximum atomic E-state index is 13.5. The molecular formula is C16H10ClFN2O. The lowest BCUT2D eigenvalue weighted by Gasteiger charge is -2.03. The van der Waals surface area contributed by atoms with E-state index in [2.05, 4.69) is 5.32 Å². The molecule has 0 spiro atoms. The number of benzene rings is 2. The van der Waals surface area contributed by atoms with Gasteiger partial charge in [-0.25, -0.2) is 4.39 Å². The Morgan fingerprint density at radius 3 is 2.76 bits per heavy atom. The van der Waals surface area contributed by atoms with Crippen molar-refractivity contribution in [3.63, 3.8) is 0 Å². The summed E-state index contributed by atoms with van der Waals surface area (Å²) in [5, 5.41) is 11.6. The Bertz CT molecular complexity index is 730. The van der Waals surface area contributed by atoms with E-state index in [1.165, 1.54) is 24.3 Å². The third-order valence-electron chi connectivity index (χ3n) is 2.66. The molecule has 0 heterocycles. The molecular weight excluding hydrogens is 291 g/mol. The molecule has 0 atom stereocenters. The molecule has 0 fully saturated rings. The average molecular weight is 301 g/mol. The molecule has 2 rings (SSSR count). The first kappa shape index (κ1) is 14.8. The highest BCUT2D eigenvalue weighted by Gasteiger charge is 2.04. The molecule has 1 amide bonds. The standard InChI is InChI=1S/C16H10ClFN2O/c17-14-5-2-6-15(18)13(14)7-8-16(21)20-12-4-1-3-11(9-12)10-19/h1-9H,(H,20,21)/b8-7+. The summed E-state index contributed by atoms with van der Waals surface area (Å²) in [6, 6.07) is 12.8. The van der Waals surface area contributed by atoms with Crippen LogP contribution in [0.3, 0.4) is 0 Å². The van der Waals surface area contributed by atoms with Crippen molar-refractivity contribution in [1.82, 2.24) is 0 Å². The summed E-state index contributed by atoms with van der Waals surface area (Å²) < 4.78 is 13.5. The molecule has 1 N–H and O–H groups in total. The van der Waals surface area contributed by atoms with Gasteiger partial charge in [0.1, 0.15) is 5.82 Å². The van der Waals surface area contributed by atoms with Crippen LogP contribution < -0.4 is 5.32 Å². The lowest BCUT2D eigenvalue weighted by atomic mass is 10.2. The number of rotatable bonds is 3. The number of nitrogens with one attached hydrogen (secondary N) is 1. The first-order chi connectivity index (χ1) is 10.1. The SMILES string of the molecule is N#Cc1cccc(NC(=O)/C=C/c2c(F)cccc2Cl)c1. The maximum absolute atomic E-state index is 13.5. The van der Waals surface area contributed by atoms with E-state index in [1.54, 1.807) is 30.3 Å². The van der Waals surface area contributed by atoms with E-state index in [4.69, 9.17) is 16.9 Å². The van der Waals surface area contributed by atoms with Crippen molar-refractivity contribution in [3.8, 4) is 6.07 Å². The Hall–Kier alpha value is -2.64. The maximum Gasteiger partial charge on any atom is 0.248 e. The topological polar surface area (TPSA) is 52.9 Å². The first-order valence-electron chi connectivity index (χ1n) is 6.03. The van der Waals surface area contributed by atoms with Crippen LogP contribution in [0, 0.1) is 17.1 Å². The van der Waals surface area contributed by atoms with Gasteiger partial charge in [0.15, 0.2) is 0 Å². The smallest absolute Gasteiger partial charge is 0.248 e. The normalized spacial score (nSPS) is 10.3. The summed E-state index contributed by atoms with van der Waals surface area (Å²) in [7, 11) is 0. The molecule has 0 bridgehead atoms. The number of hydrogen-bond donors (Lipinski definition) is 1. The van der Waals surface area contributed by atoms with Crippen molar-refractivity contribution >= 4 is 29.3 Å². The van der Waals surface area contributed by atoms with Gasteiger partial charge in [0.25, 0.3) is 0 Å². The molecule has 5 heteroatoms. The zero-order chi connectivity index (χ0) is 15.2. The molecule has 2 aromatic rings. The van der Waals surface area contributed by atoms with Gasteiger partial charge in [0, 0.05) is 17.3 Å². The monoisotopic (exact) mass is 300 g/mol. The molecule has 0 radical (unpaired) electrons. The second kappa shape index (κ2) is 6.69. The van der Waals surface area contributed by atoms with E-state index < -0.39 is 11.7 Å². The van der Waals surface area contributed by atoms with Gasteiger partial charge in [-0.3, -0.25) is 4.79 Å². The fourth-order valence-corrected chi connectivity index (χ4v) is 1.91. The predicted molar refractivity (Wildman–Crippen MR) is 80.2 cm³/mol. The second-order valence-corrected chi connectivity index (χ2v) is 4.56. The van der Waals surface area contributed by atoms with Crippen LogP contribution in [0.1, 0.15) is 11.1 Å². The van der Waals surface area contributed by atoms with Crippen molar-refractivity contribution in [2.75, 3.05) is 5.32 Å². The van der Waals surface area contributed by atoms with Gasteiger partial charge in [0.2, 0.25) is 5.91 Å². The fourth-order valence-electron chi connectivity index (χ4n) is 1.68. The minimum atomic E-state index is -0.502. The Morgan fingerprint density at radius 2 is 2.05 bits per heavy atom. The molecule has 2 aromatic carbocycles. The van der Waals surface area contributed by atoms with Gasteiger partial charge in [0.05, 0.1) is 16.7 Å². The molecule has 104 valence electrons. The van der Waals surface area contributed by atoms with Gasteiger partial charge in [-0.2, -0.15) is 5.26 Å². The van der Waals surface area contributed by atoms with Crippen molar-refractivity contribution in [3.05, 3.63) is 70.5 Å². The number of nitrogens with zero attached hydrogens (tertiary/aromatic N) is 1. The number of nitriles is 1. The van der Waals surface area contributed by atoms with Crippen molar-refractivity contribution in [1.29, 1.82) is 5.26 Å². The minimum Gasteiger partial charge on any atom is -0.322 e. The van der Waals surface area contributed by atoms with Crippen LogP contribution in [0.2, 0.25) is 5.02 Å². The predicted octanol–water partition coefficient (Wildman–Crippen LogP) is 4.00. The molecule has 0 aliphatic carbocycles. The van der Waals surface area contributed by atoms with Gasteiger partial charge in [-0.05, 0) is 36.4 Å². The molecule has 0 saturated carbocycles. The van der Waals surface area contributed by atoms with Crippen LogP contribution in [-0.2, 0) is 4.79 Å². The molecule has 3 nitrogen and oxygen atoms in total. The highest BCUT2D eigenvalue weighted by molar-refractivity contribution is 6.32. The van der Waals surface area contributed by atoms with Crippen molar-refractivity contribution in [2.45, 2.75) is 0 Å². The molecule has 0 saturated heterocycles. The fraction of sp³-hybridized carbons (Fsp3) is 0. The van der Waals surface area contributed by atoms with Gasteiger partial charge >= 0.3 is 0 Å². The molecule has 0 unspecified atom stereocenters. The van der Waals surface area contributed by atoms with Crippen LogP contribution in [0.15, 0.2) is 48.5 Å². The summed E-state index contributed by atoms with van der Waals surface area (Å²) in [4.78, 5) is 11.8. The lowest BCUT2D eigenvalue weighted by molar-refractivity contribution is -0.111. The van der Waals surface area contributed by atoms with Crippen LogP contribution in [0.5, 0.6) is 0 Å². The Morgan fingerprint density at radius 1 is 1.29 bits per heavy atom. The zero-order valence-electron chi connectivity index (χ0n) is 10.8. The Kier molecular flexibility index (Phi) is 4.70. The van der Waals surface area contributed by atoms with Crippen LogP contribution in [-0.4, -0.2) is 5.91 Å². The third kappa shape index (κ3) is 3.91. The first-order valence-corrected chi connectivity index (χ1v) is 6.41. The van der Waals surface area contributed by atoms with E-state index in [0.29, 0.717) is 11.3 Å². The Balaban J connectivity index is 2.11. The van der Waals surface area contributed by atoms with Gasteiger partial charge < -0.3 is 5.32 Å². The van der Waals surface area contributed by atoms with E-state index in [0.717, 1.165) is 0 Å². The molecule has 0 aromatic heterocycles. The summed E-state index contributed by atoms with van der Waals surface area (Å²) in [5.41, 5.74) is 1.08. The summed E-state index contributed by atoms with van der Waals surface area (Å²) >= 11 is 5.85. The van der Waals surface area contributed by atoms with Gasteiger partial charge in [-0.15, -0.1) is 0 Å². The lowest BCUT2D eigenvalue weighted by Crippen LogP contribution is -2.07. The molecule has 0 aliphatic heterocycles. The molecule has 0 aliphatic rings. The van der Waals surface area contributed by atoms with Crippen molar-refractivity contribution in [2.24, 2.45) is 0 Å². The number of halogens is 2. The van der Waals surface area contributed by atoms with Gasteiger partial charge in [-0.1, -0.05) is 23.7 Å². The summed E-state index contributed by atoms with van der Waals surface area (Å²) in [6.07, 6.45) is 2.49. The average Bonchev–Trinajstić information content (AvgIpc) is 2.47. The van der Waals surface area contributed by atoms with Crippen LogP contribution in [0.25, 0.3) is 6.08 Å². The Labute approximate surface area is 126 Å². The zero-order valence-corrected chi connectivity index (χ0v) is 11.6. The number of hydrogen-bond acceptors (Lipinski definition) is 2.